The second kappa shape index (κ2) is 9.22. The van der Waals surface area contributed by atoms with Crippen LogP contribution in [-0.4, -0.2) is 34.6 Å². The molecule has 0 atom stereocenters. The van der Waals surface area contributed by atoms with Gasteiger partial charge in [0.2, 0.25) is 0 Å². The lowest BCUT2D eigenvalue weighted by atomic mass is 9.95. The van der Waals surface area contributed by atoms with Gasteiger partial charge >= 0.3 is 12.0 Å². The summed E-state index contributed by atoms with van der Waals surface area (Å²) in [5, 5.41) is 13.1. The van der Waals surface area contributed by atoms with Crippen molar-refractivity contribution in [2.24, 2.45) is 5.41 Å². The van der Waals surface area contributed by atoms with E-state index in [4.69, 9.17) is 14.7 Å². The molecule has 0 saturated carbocycles. The Labute approximate surface area is 194 Å². The summed E-state index contributed by atoms with van der Waals surface area (Å²) in [7, 11) is 1.35. The van der Waals surface area contributed by atoms with Crippen molar-refractivity contribution in [2.75, 3.05) is 19.0 Å². The van der Waals surface area contributed by atoms with Crippen LogP contribution in [0.3, 0.4) is 0 Å². The predicted octanol–water partition coefficient (Wildman–Crippen LogP) is 4.95. The van der Waals surface area contributed by atoms with E-state index in [1.54, 1.807) is 32.3 Å². The molecule has 4 aromatic rings. The van der Waals surface area contributed by atoms with Gasteiger partial charge in [-0.2, -0.15) is 5.26 Å². The zero-order valence-electron chi connectivity index (χ0n) is 18.3. The largest absolute Gasteiger partial charge is 0.469 e. The van der Waals surface area contributed by atoms with Crippen molar-refractivity contribution in [1.29, 1.82) is 5.26 Å². The van der Waals surface area contributed by atoms with E-state index in [1.165, 1.54) is 18.4 Å². The number of carbonyl (C=O) groups is 1. The summed E-state index contributed by atoms with van der Waals surface area (Å²) in [5.41, 5.74) is 3.36. The molecule has 0 spiro atoms. The monoisotopic (exact) mass is 459 g/mol. The Morgan fingerprint density at radius 3 is 2.52 bits per heavy atom. The second-order valence-corrected chi connectivity index (χ2v) is 8.96. The van der Waals surface area contributed by atoms with Crippen LogP contribution in [0, 0.1) is 16.7 Å². The smallest absolute Gasteiger partial charge is 0.316 e. The summed E-state index contributed by atoms with van der Waals surface area (Å²) in [6.45, 7) is 3.59. The summed E-state index contributed by atoms with van der Waals surface area (Å²) in [6, 6.07) is 15.6. The molecule has 0 aliphatic rings. The van der Waals surface area contributed by atoms with Gasteiger partial charge in [-0.3, -0.25) is 4.79 Å². The number of esters is 1. The van der Waals surface area contributed by atoms with Crippen molar-refractivity contribution in [1.82, 2.24) is 15.0 Å². The summed E-state index contributed by atoms with van der Waals surface area (Å²) in [4.78, 5) is 24.8. The van der Waals surface area contributed by atoms with Crippen LogP contribution in [-0.2, 0) is 9.53 Å². The summed E-state index contributed by atoms with van der Waals surface area (Å²) >= 11 is 1.50. The van der Waals surface area contributed by atoms with E-state index in [1.807, 2.05) is 36.4 Å². The highest BCUT2D eigenvalue weighted by molar-refractivity contribution is 7.22. The summed E-state index contributed by atoms with van der Waals surface area (Å²) < 4.78 is 11.3. The number of hydrogen-bond acceptors (Lipinski definition) is 9. The Balaban J connectivity index is 1.41. The molecular formula is C24H21N5O3S. The maximum atomic E-state index is 11.7. The SMILES string of the molecule is COC(=O)C(C)(C)COc1ncc(-c2ccc(Nc3nc4ccc(C#N)cc4s3)cc2)cn1. The van der Waals surface area contributed by atoms with Gasteiger partial charge in [0.15, 0.2) is 5.13 Å². The van der Waals surface area contributed by atoms with Crippen LogP contribution in [0.15, 0.2) is 54.9 Å². The molecule has 33 heavy (non-hydrogen) atoms. The number of thiazole rings is 1. The lowest BCUT2D eigenvalue weighted by Gasteiger charge is -2.20. The number of nitrogens with zero attached hydrogens (tertiary/aromatic N) is 4. The number of fused-ring (bicyclic) bond motifs is 1. The number of anilines is 2. The van der Waals surface area contributed by atoms with Crippen LogP contribution in [0.4, 0.5) is 10.8 Å². The number of rotatable bonds is 7. The highest BCUT2D eigenvalue weighted by Crippen LogP contribution is 2.30. The fourth-order valence-corrected chi connectivity index (χ4v) is 3.96. The number of carbonyl (C=O) groups excluding carboxylic acids is 1. The van der Waals surface area contributed by atoms with E-state index in [-0.39, 0.29) is 18.6 Å². The van der Waals surface area contributed by atoms with Gasteiger partial charge in [-0.05, 0) is 49.7 Å². The fourth-order valence-electron chi connectivity index (χ4n) is 3.04. The molecule has 4 rings (SSSR count). The van der Waals surface area contributed by atoms with E-state index >= 15 is 0 Å². The highest BCUT2D eigenvalue weighted by atomic mass is 32.1. The maximum absolute atomic E-state index is 11.7. The first-order valence-corrected chi connectivity index (χ1v) is 10.9. The van der Waals surface area contributed by atoms with E-state index < -0.39 is 5.41 Å². The first-order chi connectivity index (χ1) is 15.9. The van der Waals surface area contributed by atoms with Crippen LogP contribution in [0.2, 0.25) is 0 Å². The van der Waals surface area contributed by atoms with Crippen LogP contribution in [0.1, 0.15) is 19.4 Å². The van der Waals surface area contributed by atoms with Crippen molar-refractivity contribution in [3.05, 3.63) is 60.4 Å². The summed E-state index contributed by atoms with van der Waals surface area (Å²) in [5.74, 6) is -0.356. The quantitative estimate of drug-likeness (QED) is 0.387. The lowest BCUT2D eigenvalue weighted by Crippen LogP contribution is -2.32. The normalized spacial score (nSPS) is 11.1. The first-order valence-electron chi connectivity index (χ1n) is 10.1. The molecule has 0 aliphatic carbocycles. The van der Waals surface area contributed by atoms with Crippen molar-refractivity contribution in [3.63, 3.8) is 0 Å². The van der Waals surface area contributed by atoms with Gasteiger partial charge in [-0.15, -0.1) is 0 Å². The molecule has 2 heterocycles. The number of nitrogens with one attached hydrogen (secondary N) is 1. The van der Waals surface area contributed by atoms with E-state index in [2.05, 4.69) is 26.3 Å². The first kappa shape index (κ1) is 22.2. The molecule has 9 heteroatoms. The molecule has 2 aromatic carbocycles. The third-order valence-corrected chi connectivity index (χ3v) is 5.85. The molecule has 2 aromatic heterocycles. The van der Waals surface area contributed by atoms with Crippen molar-refractivity contribution >= 4 is 38.3 Å². The van der Waals surface area contributed by atoms with Gasteiger partial charge < -0.3 is 14.8 Å². The molecule has 0 bridgehead atoms. The van der Waals surface area contributed by atoms with Gasteiger partial charge in [-0.1, -0.05) is 23.5 Å². The Morgan fingerprint density at radius 1 is 1.12 bits per heavy atom. The number of aromatic nitrogens is 3. The van der Waals surface area contributed by atoms with E-state index in [9.17, 15) is 4.79 Å². The van der Waals surface area contributed by atoms with Crippen molar-refractivity contribution in [3.8, 4) is 23.2 Å². The van der Waals surface area contributed by atoms with E-state index in [0.717, 1.165) is 32.2 Å². The van der Waals surface area contributed by atoms with Crippen molar-refractivity contribution < 1.29 is 14.3 Å². The standard InChI is InChI=1S/C24H21N5O3S/c1-24(2,21(30)31-3)14-32-22-26-12-17(13-27-22)16-5-7-18(8-6-16)28-23-29-19-9-4-15(11-25)10-20(19)33-23/h4-10,12-13H,14H2,1-3H3,(H,28,29). The third kappa shape index (κ3) is 5.07. The molecule has 166 valence electrons. The van der Waals surface area contributed by atoms with Crippen LogP contribution in [0.5, 0.6) is 6.01 Å². The molecule has 8 nitrogen and oxygen atoms in total. The Hall–Kier alpha value is -4.03. The molecular weight excluding hydrogens is 438 g/mol. The molecule has 0 aliphatic heterocycles. The molecule has 0 saturated heterocycles. The van der Waals surface area contributed by atoms with Gasteiger partial charge in [0.1, 0.15) is 6.61 Å². The number of benzene rings is 2. The predicted molar refractivity (Wildman–Crippen MR) is 126 cm³/mol. The second-order valence-electron chi connectivity index (χ2n) is 7.93. The number of methoxy groups -OCH3 is 1. The van der Waals surface area contributed by atoms with Gasteiger partial charge in [0, 0.05) is 23.6 Å². The zero-order chi connectivity index (χ0) is 23.4. The van der Waals surface area contributed by atoms with Crippen LogP contribution < -0.4 is 10.1 Å². The molecule has 1 N–H and O–H groups in total. The zero-order valence-corrected chi connectivity index (χ0v) is 19.1. The minimum absolute atomic E-state index is 0.114. The minimum atomic E-state index is -0.791. The van der Waals surface area contributed by atoms with Gasteiger partial charge in [-0.25, -0.2) is 15.0 Å². The number of nitriles is 1. The number of hydrogen-bond donors (Lipinski definition) is 1. The van der Waals surface area contributed by atoms with Gasteiger partial charge in [0.05, 0.1) is 34.4 Å². The highest BCUT2D eigenvalue weighted by Gasteiger charge is 2.30. The molecule has 0 unspecified atom stereocenters. The fraction of sp³-hybridized carbons (Fsp3) is 0.208. The molecule has 0 fully saturated rings. The average molecular weight is 460 g/mol. The average Bonchev–Trinajstić information content (AvgIpc) is 3.24. The minimum Gasteiger partial charge on any atom is -0.469 e. The Morgan fingerprint density at radius 2 is 1.85 bits per heavy atom. The van der Waals surface area contributed by atoms with Crippen molar-refractivity contribution in [2.45, 2.75) is 13.8 Å². The number of ether oxygens (including phenoxy) is 2. The molecule has 0 radical (unpaired) electrons. The topological polar surface area (TPSA) is 110 Å². The Kier molecular flexibility index (Phi) is 6.20. The van der Waals surface area contributed by atoms with Crippen LogP contribution >= 0.6 is 11.3 Å². The third-order valence-electron chi connectivity index (χ3n) is 4.92. The lowest BCUT2D eigenvalue weighted by molar-refractivity contribution is -0.152. The van der Waals surface area contributed by atoms with E-state index in [0.29, 0.717) is 5.56 Å². The Bertz CT molecular complexity index is 1330. The van der Waals surface area contributed by atoms with Crippen LogP contribution in [0.25, 0.3) is 21.3 Å². The van der Waals surface area contributed by atoms with Gasteiger partial charge in [0.25, 0.3) is 0 Å². The summed E-state index contributed by atoms with van der Waals surface area (Å²) in [6.07, 6.45) is 3.35. The molecule has 0 amide bonds. The maximum Gasteiger partial charge on any atom is 0.316 e.